The van der Waals surface area contributed by atoms with Gasteiger partial charge in [-0.3, -0.25) is 14.9 Å². The largest absolute Gasteiger partial charge is 0.495 e. The van der Waals surface area contributed by atoms with Gasteiger partial charge in [0.05, 0.1) is 40.4 Å². The molecule has 0 aliphatic rings. The summed E-state index contributed by atoms with van der Waals surface area (Å²) in [5, 5.41) is 23.3. The number of nitro groups is 1. The molecule has 0 bridgehead atoms. The van der Waals surface area contributed by atoms with Crippen LogP contribution in [-0.2, 0) is 4.79 Å². The minimum absolute atomic E-state index is 0.0614. The Morgan fingerprint density at radius 2 is 1.86 bits per heavy atom. The monoisotopic (exact) mass is 551 g/mol. The fraction of sp³-hybridized carbons (Fsp3) is 0.154. The van der Waals surface area contributed by atoms with Crippen LogP contribution >= 0.6 is 15.9 Å². The Kier molecular flexibility index (Phi) is 9.02. The first-order valence-corrected chi connectivity index (χ1v) is 11.5. The summed E-state index contributed by atoms with van der Waals surface area (Å²) < 4.78 is 17.2. The van der Waals surface area contributed by atoms with Crippen molar-refractivity contribution in [3.05, 3.63) is 86.4 Å². The number of nitriles is 1. The lowest BCUT2D eigenvalue weighted by Crippen LogP contribution is -2.21. The number of anilines is 1. The second kappa shape index (κ2) is 12.4. The fourth-order valence-electron chi connectivity index (χ4n) is 3.26. The Morgan fingerprint density at radius 1 is 1.14 bits per heavy atom. The maximum absolute atomic E-state index is 12.5. The number of nitrogens with one attached hydrogen (secondary N) is 1. The molecule has 0 fully saturated rings. The second-order valence-electron chi connectivity index (χ2n) is 7.27. The zero-order chi connectivity index (χ0) is 26.1. The van der Waals surface area contributed by atoms with Crippen molar-refractivity contribution in [2.75, 3.05) is 25.6 Å². The van der Waals surface area contributed by atoms with Crippen molar-refractivity contribution in [1.29, 1.82) is 5.26 Å². The third kappa shape index (κ3) is 6.61. The van der Waals surface area contributed by atoms with E-state index >= 15 is 0 Å². The average molecular weight is 552 g/mol. The number of non-ortho nitro benzene ring substituents is 1. The summed E-state index contributed by atoms with van der Waals surface area (Å²) in [7, 11) is 1.52. The first kappa shape index (κ1) is 26.2. The normalized spacial score (nSPS) is 10.8. The summed E-state index contributed by atoms with van der Waals surface area (Å²) in [5.41, 5.74) is 1.93. The lowest BCUT2D eigenvalue weighted by atomic mass is 10.0. The number of halogens is 1. The van der Waals surface area contributed by atoms with Crippen molar-refractivity contribution in [3.63, 3.8) is 0 Å². The Bertz CT molecular complexity index is 1330. The molecule has 36 heavy (non-hydrogen) atoms. The van der Waals surface area contributed by atoms with Crippen molar-refractivity contribution in [2.45, 2.75) is 6.92 Å². The van der Waals surface area contributed by atoms with Gasteiger partial charge in [0.1, 0.15) is 5.75 Å². The van der Waals surface area contributed by atoms with E-state index in [1.54, 1.807) is 42.5 Å². The summed E-state index contributed by atoms with van der Waals surface area (Å²) in [6.07, 6.45) is 1.63. The predicted molar refractivity (Wildman–Crippen MR) is 139 cm³/mol. The van der Waals surface area contributed by atoms with Crippen LogP contribution in [0.4, 0.5) is 11.4 Å². The highest BCUT2D eigenvalue weighted by Crippen LogP contribution is 2.38. The lowest BCUT2D eigenvalue weighted by Gasteiger charge is -2.15. The summed E-state index contributed by atoms with van der Waals surface area (Å²) in [6, 6.07) is 18.3. The third-order valence-corrected chi connectivity index (χ3v) is 5.47. The van der Waals surface area contributed by atoms with Crippen molar-refractivity contribution < 1.29 is 23.9 Å². The molecule has 0 unspecified atom stereocenters. The van der Waals surface area contributed by atoms with E-state index in [1.807, 2.05) is 6.92 Å². The minimum Gasteiger partial charge on any atom is -0.495 e. The second-order valence-corrected chi connectivity index (χ2v) is 8.13. The number of nitrogens with zero attached hydrogens (tertiary/aromatic N) is 2. The molecule has 0 radical (unpaired) electrons. The standard InChI is InChI=1S/C26H22BrN3O6/c1-3-35-24-14-17(12-19(15-28)18-8-10-20(11-9-18)30(32)33)13-21(27)26(24)36-16-25(31)29-22-6-4-5-7-23(22)34-2/h4-14H,3,16H2,1-2H3,(H,29,31)/b19-12+. The molecule has 0 aliphatic heterocycles. The number of hydrogen-bond acceptors (Lipinski definition) is 7. The molecule has 9 nitrogen and oxygen atoms in total. The number of hydrogen-bond donors (Lipinski definition) is 1. The van der Waals surface area contributed by atoms with Gasteiger partial charge in [-0.15, -0.1) is 0 Å². The Balaban J connectivity index is 1.82. The van der Waals surface area contributed by atoms with Crippen molar-refractivity contribution in [2.24, 2.45) is 0 Å². The molecule has 1 N–H and O–H groups in total. The highest BCUT2D eigenvalue weighted by atomic mass is 79.9. The number of allylic oxidation sites excluding steroid dienone is 1. The van der Waals surface area contributed by atoms with Crippen LogP contribution in [0.1, 0.15) is 18.1 Å². The Morgan fingerprint density at radius 3 is 2.50 bits per heavy atom. The first-order chi connectivity index (χ1) is 17.4. The summed E-state index contributed by atoms with van der Waals surface area (Å²) in [6.45, 7) is 1.88. The van der Waals surface area contributed by atoms with Crippen molar-refractivity contribution in [1.82, 2.24) is 0 Å². The number of nitro benzene ring substituents is 1. The van der Waals surface area contributed by atoms with Crippen LogP contribution in [-0.4, -0.2) is 31.2 Å². The molecule has 0 spiro atoms. The molecule has 184 valence electrons. The smallest absolute Gasteiger partial charge is 0.269 e. The summed E-state index contributed by atoms with van der Waals surface area (Å²) >= 11 is 3.46. The molecule has 10 heteroatoms. The van der Waals surface area contributed by atoms with E-state index in [4.69, 9.17) is 14.2 Å². The van der Waals surface area contributed by atoms with E-state index in [0.29, 0.717) is 50.7 Å². The number of amides is 1. The Hall–Kier alpha value is -4.36. The molecule has 0 saturated carbocycles. The molecule has 3 rings (SSSR count). The number of rotatable bonds is 10. The molecule has 0 aliphatic carbocycles. The lowest BCUT2D eigenvalue weighted by molar-refractivity contribution is -0.384. The van der Waals surface area contributed by atoms with Crippen molar-refractivity contribution >= 4 is 44.9 Å². The summed E-state index contributed by atoms with van der Waals surface area (Å²) in [5.74, 6) is 0.851. The van der Waals surface area contributed by atoms with Crippen LogP contribution in [0.25, 0.3) is 11.6 Å². The van der Waals surface area contributed by atoms with Gasteiger partial charge in [0, 0.05) is 12.1 Å². The molecular formula is C26H22BrN3O6. The van der Waals surface area contributed by atoms with Gasteiger partial charge in [-0.2, -0.15) is 5.26 Å². The third-order valence-electron chi connectivity index (χ3n) is 4.88. The van der Waals surface area contributed by atoms with Gasteiger partial charge in [-0.25, -0.2) is 0 Å². The Labute approximate surface area is 216 Å². The van der Waals surface area contributed by atoms with E-state index in [2.05, 4.69) is 27.3 Å². The highest BCUT2D eigenvalue weighted by Gasteiger charge is 2.15. The molecule has 0 aromatic heterocycles. The maximum atomic E-state index is 12.5. The number of methoxy groups -OCH3 is 1. The zero-order valence-corrected chi connectivity index (χ0v) is 21.1. The quantitative estimate of drug-likeness (QED) is 0.145. The van der Waals surface area contributed by atoms with Gasteiger partial charge >= 0.3 is 0 Å². The van der Waals surface area contributed by atoms with Gasteiger partial charge in [-0.05, 0) is 76.5 Å². The number of carbonyl (C=O) groups excluding carboxylic acids is 1. The minimum atomic E-state index is -0.500. The summed E-state index contributed by atoms with van der Waals surface area (Å²) in [4.78, 5) is 22.9. The van der Waals surface area contributed by atoms with Crippen LogP contribution in [0.3, 0.4) is 0 Å². The molecular weight excluding hydrogens is 530 g/mol. The van der Waals surface area contributed by atoms with Gasteiger partial charge < -0.3 is 19.5 Å². The van der Waals surface area contributed by atoms with Gasteiger partial charge in [-0.1, -0.05) is 12.1 Å². The predicted octanol–water partition coefficient (Wildman–Crippen LogP) is 5.85. The molecule has 1 amide bonds. The number of para-hydroxylation sites is 2. The molecule has 3 aromatic carbocycles. The van der Waals surface area contributed by atoms with E-state index in [-0.39, 0.29) is 18.2 Å². The van der Waals surface area contributed by atoms with Crippen LogP contribution in [0.2, 0.25) is 0 Å². The first-order valence-electron chi connectivity index (χ1n) is 10.7. The number of benzene rings is 3. The van der Waals surface area contributed by atoms with Crippen LogP contribution in [0.15, 0.2) is 65.1 Å². The fourth-order valence-corrected chi connectivity index (χ4v) is 3.83. The topological polar surface area (TPSA) is 124 Å². The van der Waals surface area contributed by atoms with Gasteiger partial charge in [0.25, 0.3) is 11.6 Å². The van der Waals surface area contributed by atoms with E-state index in [9.17, 15) is 20.2 Å². The van der Waals surface area contributed by atoms with Crippen molar-refractivity contribution in [3.8, 4) is 23.3 Å². The maximum Gasteiger partial charge on any atom is 0.269 e. The van der Waals surface area contributed by atoms with E-state index in [0.717, 1.165) is 0 Å². The van der Waals surface area contributed by atoms with E-state index in [1.165, 1.54) is 31.4 Å². The molecule has 0 saturated heterocycles. The number of ether oxygens (including phenoxy) is 3. The number of carbonyl (C=O) groups is 1. The average Bonchev–Trinajstić information content (AvgIpc) is 2.87. The highest BCUT2D eigenvalue weighted by molar-refractivity contribution is 9.10. The van der Waals surface area contributed by atoms with E-state index < -0.39 is 4.92 Å². The van der Waals surface area contributed by atoms with Crippen LogP contribution in [0.5, 0.6) is 17.2 Å². The van der Waals surface area contributed by atoms with Crippen LogP contribution in [0, 0.1) is 21.4 Å². The molecule has 0 heterocycles. The van der Waals surface area contributed by atoms with Gasteiger partial charge in [0.15, 0.2) is 18.1 Å². The SMILES string of the molecule is CCOc1cc(/C=C(\C#N)c2ccc([N+](=O)[O-])cc2)cc(Br)c1OCC(=O)Nc1ccccc1OC. The van der Waals surface area contributed by atoms with Gasteiger partial charge in [0.2, 0.25) is 0 Å². The zero-order valence-electron chi connectivity index (χ0n) is 19.5. The molecule has 3 aromatic rings. The molecule has 0 atom stereocenters. The van der Waals surface area contributed by atoms with Crippen LogP contribution < -0.4 is 19.5 Å².